The van der Waals surface area contributed by atoms with Gasteiger partial charge in [-0.15, -0.1) is 0 Å². The van der Waals surface area contributed by atoms with Crippen molar-refractivity contribution in [3.05, 3.63) is 95.7 Å². The van der Waals surface area contributed by atoms with Gasteiger partial charge in [0.25, 0.3) is 0 Å². The van der Waals surface area contributed by atoms with Crippen LogP contribution in [-0.2, 0) is 19.4 Å². The summed E-state index contributed by atoms with van der Waals surface area (Å²) in [6.45, 7) is 0.304. The lowest BCUT2D eigenvalue weighted by molar-refractivity contribution is -0.135. The van der Waals surface area contributed by atoms with Crippen LogP contribution >= 0.6 is 12.2 Å². The molecule has 3 aromatic carbocycles. The van der Waals surface area contributed by atoms with Crippen molar-refractivity contribution in [3.63, 3.8) is 0 Å². The molecule has 1 aromatic heterocycles. The second-order valence-corrected chi connectivity index (χ2v) is 9.03. The first kappa shape index (κ1) is 24.0. The lowest BCUT2D eigenvalue weighted by Gasteiger charge is -2.09. The van der Waals surface area contributed by atoms with Gasteiger partial charge < -0.3 is 10.3 Å². The maximum atomic E-state index is 12.8. The number of aryl methyl sites for hydroxylation is 3. The highest BCUT2D eigenvalue weighted by Gasteiger charge is 2.26. The summed E-state index contributed by atoms with van der Waals surface area (Å²) in [7, 11) is 0. The predicted molar refractivity (Wildman–Crippen MR) is 137 cm³/mol. The molecule has 4 rings (SSSR count). The molecule has 0 unspecified atom stereocenters. The Morgan fingerprint density at radius 2 is 1.62 bits per heavy atom. The van der Waals surface area contributed by atoms with Crippen LogP contribution < -0.4 is 5.73 Å². The number of rotatable bonds is 9. The third-order valence-electron chi connectivity index (χ3n) is 6.04. The van der Waals surface area contributed by atoms with E-state index in [2.05, 4.69) is 30.3 Å². The number of hydrogen-bond acceptors (Lipinski definition) is 1. The van der Waals surface area contributed by atoms with E-state index in [0.29, 0.717) is 11.5 Å². The summed E-state index contributed by atoms with van der Waals surface area (Å²) in [4.78, 5) is 0.316. The van der Waals surface area contributed by atoms with E-state index in [9.17, 15) is 13.2 Å². The van der Waals surface area contributed by atoms with Crippen LogP contribution in [-0.4, -0.2) is 15.7 Å². The number of aromatic nitrogens is 1. The number of nitrogens with two attached hydrogens (primary N) is 1. The average Bonchev–Trinajstić information content (AvgIpc) is 3.17. The Morgan fingerprint density at radius 1 is 0.853 bits per heavy atom. The van der Waals surface area contributed by atoms with E-state index in [4.69, 9.17) is 18.0 Å². The van der Waals surface area contributed by atoms with Crippen molar-refractivity contribution < 1.29 is 13.2 Å². The summed E-state index contributed by atoms with van der Waals surface area (Å²) in [5, 5.41) is 1.01. The van der Waals surface area contributed by atoms with E-state index in [-0.39, 0.29) is 6.42 Å². The number of thiocarbonyl (C=S) groups is 1. The van der Waals surface area contributed by atoms with Gasteiger partial charge in [-0.05, 0) is 54.5 Å². The van der Waals surface area contributed by atoms with Crippen molar-refractivity contribution in [2.45, 2.75) is 44.8 Å². The first-order valence-corrected chi connectivity index (χ1v) is 11.8. The molecule has 2 N–H and O–H groups in total. The van der Waals surface area contributed by atoms with Crippen molar-refractivity contribution in [2.24, 2.45) is 5.73 Å². The molecule has 176 valence electrons. The summed E-state index contributed by atoms with van der Waals surface area (Å²) in [6, 6.07) is 24.3. The zero-order chi connectivity index (χ0) is 24.1. The van der Waals surface area contributed by atoms with Gasteiger partial charge >= 0.3 is 6.18 Å². The maximum Gasteiger partial charge on any atom is 0.389 e. The third-order valence-corrected chi connectivity index (χ3v) is 6.27. The average molecular weight is 481 g/mol. The van der Waals surface area contributed by atoms with Crippen LogP contribution in [0.25, 0.3) is 22.0 Å². The Hall–Kier alpha value is -3.12. The molecular weight excluding hydrogens is 453 g/mol. The van der Waals surface area contributed by atoms with E-state index in [1.54, 1.807) is 0 Å². The van der Waals surface area contributed by atoms with E-state index in [0.717, 1.165) is 46.9 Å². The van der Waals surface area contributed by atoms with Crippen molar-refractivity contribution in [1.29, 1.82) is 0 Å². The predicted octanol–water partition coefficient (Wildman–Crippen LogP) is 7.46. The van der Waals surface area contributed by atoms with Crippen molar-refractivity contribution in [2.75, 3.05) is 0 Å². The molecule has 0 amide bonds. The normalized spacial score (nSPS) is 11.7. The lowest BCUT2D eigenvalue weighted by atomic mass is 9.99. The zero-order valence-electron chi connectivity index (χ0n) is 18.8. The Bertz CT molecular complexity index is 1280. The largest absolute Gasteiger partial charge is 0.389 e. The molecule has 1 heterocycles. The number of hydrogen-bond donors (Lipinski definition) is 1. The van der Waals surface area contributed by atoms with Crippen LogP contribution in [0.15, 0.2) is 79.0 Å². The first-order valence-electron chi connectivity index (χ1n) is 11.4. The standard InChI is InChI=1S/C28H27F3N2S/c29-28(30,31)15-6-16-33-19-25(22-11-5-12-23(18-22)27(32)34)24-14-13-21(17-26(24)33)10-4-9-20-7-2-1-3-8-20/h1-3,5,7-8,11-14,17-19H,4,6,9-10,15-16H2,(H2,32,34). The summed E-state index contributed by atoms with van der Waals surface area (Å²) in [5.41, 5.74) is 11.9. The third kappa shape index (κ3) is 6.06. The van der Waals surface area contributed by atoms with Crippen LogP contribution in [0.2, 0.25) is 0 Å². The molecule has 0 saturated carbocycles. The SMILES string of the molecule is NC(=S)c1cccc(-c2cn(CCCC(F)(F)F)c3cc(CCCc4ccccc4)ccc23)c1. The molecule has 0 radical (unpaired) electrons. The quantitative estimate of drug-likeness (QED) is 0.252. The molecule has 2 nitrogen and oxygen atoms in total. The smallest absolute Gasteiger partial charge is 0.389 e. The second-order valence-electron chi connectivity index (χ2n) is 8.59. The van der Waals surface area contributed by atoms with Crippen molar-refractivity contribution in [3.8, 4) is 11.1 Å². The fourth-order valence-corrected chi connectivity index (χ4v) is 4.47. The minimum Gasteiger partial charge on any atom is -0.389 e. The maximum absolute atomic E-state index is 12.8. The molecule has 34 heavy (non-hydrogen) atoms. The fourth-order valence-electron chi connectivity index (χ4n) is 4.34. The number of nitrogens with zero attached hydrogens (tertiary/aromatic N) is 1. The Morgan fingerprint density at radius 3 is 2.35 bits per heavy atom. The molecule has 0 bridgehead atoms. The summed E-state index contributed by atoms with van der Waals surface area (Å²) < 4.78 is 40.3. The van der Waals surface area contributed by atoms with Gasteiger partial charge in [-0.3, -0.25) is 0 Å². The van der Waals surface area contributed by atoms with Gasteiger partial charge in [0, 0.05) is 41.2 Å². The van der Waals surface area contributed by atoms with Crippen LogP contribution in [0.1, 0.15) is 36.0 Å². The molecule has 0 atom stereocenters. The number of benzene rings is 3. The van der Waals surface area contributed by atoms with Gasteiger partial charge in [-0.2, -0.15) is 13.2 Å². The van der Waals surface area contributed by atoms with E-state index >= 15 is 0 Å². The van der Waals surface area contributed by atoms with Gasteiger partial charge in [0.15, 0.2) is 0 Å². The van der Waals surface area contributed by atoms with Crippen LogP contribution in [0.3, 0.4) is 0 Å². The van der Waals surface area contributed by atoms with Gasteiger partial charge in [0.2, 0.25) is 0 Å². The molecular formula is C28H27F3N2S. The summed E-state index contributed by atoms with van der Waals surface area (Å²) in [5.74, 6) is 0. The monoisotopic (exact) mass is 480 g/mol. The highest BCUT2D eigenvalue weighted by molar-refractivity contribution is 7.80. The molecule has 0 aliphatic rings. The van der Waals surface area contributed by atoms with Crippen molar-refractivity contribution in [1.82, 2.24) is 4.57 Å². The molecule has 0 saturated heterocycles. The molecule has 6 heteroatoms. The second kappa shape index (κ2) is 10.4. The number of halogens is 3. The molecule has 0 aliphatic heterocycles. The Balaban J connectivity index is 1.63. The highest BCUT2D eigenvalue weighted by Crippen LogP contribution is 2.33. The molecule has 0 aliphatic carbocycles. The number of fused-ring (bicyclic) bond motifs is 1. The minimum absolute atomic E-state index is 0.0396. The van der Waals surface area contributed by atoms with Crippen LogP contribution in [0, 0.1) is 0 Å². The number of alkyl halides is 3. The highest BCUT2D eigenvalue weighted by atomic mass is 32.1. The fraction of sp³-hybridized carbons (Fsp3) is 0.250. The van der Waals surface area contributed by atoms with Crippen LogP contribution in [0.4, 0.5) is 13.2 Å². The Kier molecular flexibility index (Phi) is 7.37. The van der Waals surface area contributed by atoms with Gasteiger partial charge in [-0.25, -0.2) is 0 Å². The van der Waals surface area contributed by atoms with Crippen molar-refractivity contribution >= 4 is 28.1 Å². The molecule has 0 fully saturated rings. The van der Waals surface area contributed by atoms with E-state index < -0.39 is 12.6 Å². The lowest BCUT2D eigenvalue weighted by Crippen LogP contribution is -2.09. The van der Waals surface area contributed by atoms with E-state index in [1.165, 1.54) is 11.1 Å². The molecule has 4 aromatic rings. The summed E-state index contributed by atoms with van der Waals surface area (Å²) >= 11 is 5.12. The topological polar surface area (TPSA) is 30.9 Å². The van der Waals surface area contributed by atoms with Gasteiger partial charge in [0.05, 0.1) is 0 Å². The first-order chi connectivity index (χ1) is 16.3. The van der Waals surface area contributed by atoms with E-state index in [1.807, 2.05) is 53.2 Å². The Labute approximate surface area is 203 Å². The molecule has 0 spiro atoms. The van der Waals surface area contributed by atoms with Crippen LogP contribution in [0.5, 0.6) is 0 Å². The van der Waals surface area contributed by atoms with Gasteiger partial charge in [-0.1, -0.05) is 72.9 Å². The summed E-state index contributed by atoms with van der Waals surface area (Å²) in [6.07, 6.45) is -0.0545. The van der Waals surface area contributed by atoms with Gasteiger partial charge in [0.1, 0.15) is 4.99 Å². The minimum atomic E-state index is -4.15. The zero-order valence-corrected chi connectivity index (χ0v) is 19.6.